The Morgan fingerprint density at radius 3 is 2.86 bits per heavy atom. The van der Waals surface area contributed by atoms with E-state index < -0.39 is 0 Å². The standard InChI is InChI=1S/C15H23N5O/c1-4-5-6-7-11(2)20-15(17-18-19-20)13-10-12(16)8-9-14(13)21-3/h8-11H,4-7,16H2,1-3H3. The van der Waals surface area contributed by atoms with Crippen LogP contribution in [0.2, 0.25) is 0 Å². The number of methoxy groups -OCH3 is 1. The van der Waals surface area contributed by atoms with Gasteiger partial charge in [-0.05, 0) is 42.0 Å². The third-order valence-electron chi connectivity index (χ3n) is 3.60. The minimum Gasteiger partial charge on any atom is -0.496 e. The fourth-order valence-electron chi connectivity index (χ4n) is 2.38. The molecular weight excluding hydrogens is 266 g/mol. The summed E-state index contributed by atoms with van der Waals surface area (Å²) in [5.74, 6) is 1.42. The predicted molar refractivity (Wildman–Crippen MR) is 83.1 cm³/mol. The van der Waals surface area contributed by atoms with Gasteiger partial charge in [0.2, 0.25) is 0 Å². The van der Waals surface area contributed by atoms with E-state index in [1.54, 1.807) is 13.2 Å². The maximum atomic E-state index is 5.88. The highest BCUT2D eigenvalue weighted by Gasteiger charge is 2.18. The molecule has 0 bridgehead atoms. The van der Waals surface area contributed by atoms with Crippen LogP contribution in [-0.4, -0.2) is 27.3 Å². The Hall–Kier alpha value is -2.11. The molecule has 1 aromatic heterocycles. The topological polar surface area (TPSA) is 78.9 Å². The highest BCUT2D eigenvalue weighted by Crippen LogP contribution is 2.31. The Labute approximate surface area is 125 Å². The number of rotatable bonds is 7. The Morgan fingerprint density at radius 1 is 1.33 bits per heavy atom. The molecule has 1 atom stereocenters. The molecule has 0 aliphatic heterocycles. The highest BCUT2D eigenvalue weighted by molar-refractivity contribution is 5.68. The molecule has 1 unspecified atom stereocenters. The van der Waals surface area contributed by atoms with E-state index in [2.05, 4.69) is 29.4 Å². The second-order valence-corrected chi connectivity index (χ2v) is 5.25. The number of hydrogen-bond donors (Lipinski definition) is 1. The van der Waals surface area contributed by atoms with Gasteiger partial charge in [0, 0.05) is 5.69 Å². The second-order valence-electron chi connectivity index (χ2n) is 5.25. The van der Waals surface area contributed by atoms with Crippen LogP contribution >= 0.6 is 0 Å². The van der Waals surface area contributed by atoms with Crippen molar-refractivity contribution in [3.8, 4) is 17.1 Å². The van der Waals surface area contributed by atoms with Crippen molar-refractivity contribution < 1.29 is 4.74 Å². The van der Waals surface area contributed by atoms with Gasteiger partial charge in [-0.3, -0.25) is 0 Å². The zero-order valence-corrected chi connectivity index (χ0v) is 12.9. The van der Waals surface area contributed by atoms with Gasteiger partial charge in [-0.15, -0.1) is 5.10 Å². The number of nitrogens with zero attached hydrogens (tertiary/aromatic N) is 4. The van der Waals surface area contributed by atoms with Gasteiger partial charge in [-0.2, -0.15) is 0 Å². The molecule has 0 amide bonds. The van der Waals surface area contributed by atoms with Gasteiger partial charge in [0.1, 0.15) is 5.75 Å². The zero-order valence-electron chi connectivity index (χ0n) is 12.9. The predicted octanol–water partition coefficient (Wildman–Crippen LogP) is 3.07. The average molecular weight is 289 g/mol. The molecule has 2 N–H and O–H groups in total. The first-order valence-corrected chi connectivity index (χ1v) is 7.39. The SMILES string of the molecule is CCCCCC(C)n1nnnc1-c1cc(N)ccc1OC. The number of nitrogens with two attached hydrogens (primary N) is 1. The van der Waals surface area contributed by atoms with E-state index in [0.29, 0.717) is 11.5 Å². The molecule has 0 aliphatic rings. The lowest BCUT2D eigenvalue weighted by atomic mass is 10.1. The van der Waals surface area contributed by atoms with Crippen molar-refractivity contribution in [2.24, 2.45) is 0 Å². The summed E-state index contributed by atoms with van der Waals surface area (Å²) >= 11 is 0. The zero-order chi connectivity index (χ0) is 15.2. The van der Waals surface area contributed by atoms with Gasteiger partial charge >= 0.3 is 0 Å². The smallest absolute Gasteiger partial charge is 0.186 e. The van der Waals surface area contributed by atoms with Crippen molar-refractivity contribution in [1.29, 1.82) is 0 Å². The first-order chi connectivity index (χ1) is 10.2. The quantitative estimate of drug-likeness (QED) is 0.626. The van der Waals surface area contributed by atoms with Crippen LogP contribution in [-0.2, 0) is 0 Å². The maximum absolute atomic E-state index is 5.88. The molecule has 0 saturated heterocycles. The second kappa shape index (κ2) is 7.06. The van der Waals surface area contributed by atoms with E-state index >= 15 is 0 Å². The minimum atomic E-state index is 0.243. The van der Waals surface area contributed by atoms with Crippen LogP contribution in [0.4, 0.5) is 5.69 Å². The molecule has 0 radical (unpaired) electrons. The number of tetrazole rings is 1. The van der Waals surface area contributed by atoms with E-state index in [1.165, 1.54) is 19.3 Å². The van der Waals surface area contributed by atoms with Gasteiger partial charge in [-0.25, -0.2) is 4.68 Å². The third-order valence-corrected chi connectivity index (χ3v) is 3.60. The van der Waals surface area contributed by atoms with Crippen molar-refractivity contribution in [2.75, 3.05) is 12.8 Å². The first kappa shape index (κ1) is 15.3. The molecule has 0 spiro atoms. The number of nitrogen functional groups attached to an aromatic ring is 1. The molecular formula is C15H23N5O. The summed E-state index contributed by atoms with van der Waals surface area (Å²) in [6.07, 6.45) is 4.66. The molecule has 1 aromatic carbocycles. The van der Waals surface area contributed by atoms with Crippen LogP contribution < -0.4 is 10.5 Å². The minimum absolute atomic E-state index is 0.243. The van der Waals surface area contributed by atoms with Crippen LogP contribution in [0.25, 0.3) is 11.4 Å². The molecule has 2 rings (SSSR count). The summed E-state index contributed by atoms with van der Waals surface area (Å²) < 4.78 is 7.25. The van der Waals surface area contributed by atoms with Crippen LogP contribution in [0, 0.1) is 0 Å². The summed E-state index contributed by atoms with van der Waals surface area (Å²) in [5.41, 5.74) is 7.37. The molecule has 6 nitrogen and oxygen atoms in total. The van der Waals surface area contributed by atoms with Crippen molar-refractivity contribution in [1.82, 2.24) is 20.2 Å². The summed E-state index contributed by atoms with van der Waals surface area (Å²) in [6, 6.07) is 5.74. The molecule has 0 aliphatic carbocycles. The van der Waals surface area contributed by atoms with Crippen molar-refractivity contribution in [3.05, 3.63) is 18.2 Å². The number of benzene rings is 1. The number of anilines is 1. The Kier molecular flexibility index (Phi) is 5.14. The summed E-state index contributed by atoms with van der Waals surface area (Å²) in [4.78, 5) is 0. The van der Waals surface area contributed by atoms with Gasteiger partial charge in [-0.1, -0.05) is 26.2 Å². The molecule has 0 saturated carbocycles. The fourth-order valence-corrected chi connectivity index (χ4v) is 2.38. The summed E-state index contributed by atoms with van der Waals surface area (Å²) in [6.45, 7) is 4.33. The van der Waals surface area contributed by atoms with Gasteiger partial charge in [0.15, 0.2) is 5.82 Å². The molecule has 2 aromatic rings. The normalized spacial score (nSPS) is 12.3. The Morgan fingerprint density at radius 2 is 2.14 bits per heavy atom. The van der Waals surface area contributed by atoms with Crippen LogP contribution in [0.5, 0.6) is 5.75 Å². The number of unbranched alkanes of at least 4 members (excludes halogenated alkanes) is 2. The Balaban J connectivity index is 2.29. The van der Waals surface area contributed by atoms with E-state index in [4.69, 9.17) is 10.5 Å². The number of hydrogen-bond acceptors (Lipinski definition) is 5. The van der Waals surface area contributed by atoms with Crippen molar-refractivity contribution in [3.63, 3.8) is 0 Å². The fraction of sp³-hybridized carbons (Fsp3) is 0.533. The van der Waals surface area contributed by atoms with Gasteiger partial charge in [0.05, 0.1) is 18.7 Å². The first-order valence-electron chi connectivity index (χ1n) is 7.39. The highest BCUT2D eigenvalue weighted by atomic mass is 16.5. The number of aromatic nitrogens is 4. The van der Waals surface area contributed by atoms with E-state index in [9.17, 15) is 0 Å². The summed E-state index contributed by atoms with van der Waals surface area (Å²) in [5, 5.41) is 12.1. The van der Waals surface area contributed by atoms with E-state index in [-0.39, 0.29) is 6.04 Å². The van der Waals surface area contributed by atoms with E-state index in [1.807, 2.05) is 16.8 Å². The molecule has 114 valence electrons. The third kappa shape index (κ3) is 3.51. The lowest BCUT2D eigenvalue weighted by Crippen LogP contribution is -2.09. The van der Waals surface area contributed by atoms with Gasteiger partial charge in [0.25, 0.3) is 0 Å². The number of ether oxygens (including phenoxy) is 1. The Bertz CT molecular complexity index is 581. The molecule has 21 heavy (non-hydrogen) atoms. The lowest BCUT2D eigenvalue weighted by molar-refractivity contribution is 0.412. The van der Waals surface area contributed by atoms with Crippen molar-refractivity contribution >= 4 is 5.69 Å². The largest absolute Gasteiger partial charge is 0.496 e. The van der Waals surface area contributed by atoms with Crippen LogP contribution in [0.3, 0.4) is 0 Å². The maximum Gasteiger partial charge on any atom is 0.186 e. The van der Waals surface area contributed by atoms with Crippen LogP contribution in [0.1, 0.15) is 45.6 Å². The molecule has 6 heteroatoms. The monoisotopic (exact) mass is 289 g/mol. The lowest BCUT2D eigenvalue weighted by Gasteiger charge is -2.15. The van der Waals surface area contributed by atoms with Crippen LogP contribution in [0.15, 0.2) is 18.2 Å². The summed E-state index contributed by atoms with van der Waals surface area (Å²) in [7, 11) is 1.63. The average Bonchev–Trinajstić information content (AvgIpc) is 2.96. The van der Waals surface area contributed by atoms with Crippen molar-refractivity contribution in [2.45, 2.75) is 45.6 Å². The van der Waals surface area contributed by atoms with E-state index in [0.717, 1.165) is 17.7 Å². The van der Waals surface area contributed by atoms with Gasteiger partial charge < -0.3 is 10.5 Å². The molecule has 1 heterocycles. The molecule has 0 fully saturated rings.